The zero-order valence-electron chi connectivity index (χ0n) is 30.6. The summed E-state index contributed by atoms with van der Waals surface area (Å²) in [7, 11) is -0.960. The number of methoxy groups -OCH3 is 1. The number of amides is 4. The van der Waals surface area contributed by atoms with Crippen molar-refractivity contribution in [1.29, 1.82) is 0 Å². The van der Waals surface area contributed by atoms with E-state index in [-0.39, 0.29) is 48.0 Å². The Labute approximate surface area is 313 Å². The highest BCUT2D eigenvalue weighted by molar-refractivity contribution is 7.99. The van der Waals surface area contributed by atoms with Gasteiger partial charge in [0.15, 0.2) is 11.6 Å². The molecule has 6 atom stereocenters. The Kier molecular flexibility index (Phi) is 9.94. The van der Waals surface area contributed by atoms with Crippen LogP contribution < -0.4 is 24.8 Å². The molecule has 5 aliphatic rings. The number of hydrogen-bond acceptors (Lipinski definition) is 10. The number of rotatable bonds is 8. The summed E-state index contributed by atoms with van der Waals surface area (Å²) in [6.45, 7) is 5.84. The van der Waals surface area contributed by atoms with Crippen LogP contribution in [0.15, 0.2) is 42.6 Å². The minimum Gasteiger partial charge on any atom is -0.494 e. The van der Waals surface area contributed by atoms with Gasteiger partial charge in [0.1, 0.15) is 29.0 Å². The van der Waals surface area contributed by atoms with Gasteiger partial charge in [-0.05, 0) is 57.1 Å². The molecule has 53 heavy (non-hydrogen) atoms. The fourth-order valence-corrected chi connectivity index (χ4v) is 9.96. The Bertz CT molecular complexity index is 1990. The monoisotopic (exact) mass is 770 g/mol. The van der Waals surface area contributed by atoms with Crippen LogP contribution in [-0.2, 0) is 19.6 Å². The van der Waals surface area contributed by atoms with E-state index >= 15 is 4.39 Å². The Morgan fingerprint density at radius 2 is 1.92 bits per heavy atom. The molecule has 2 saturated carbocycles. The number of nitrogens with one attached hydrogen (secondary N) is 3. The third kappa shape index (κ3) is 7.09. The second-order valence-electron chi connectivity index (χ2n) is 15.3. The first-order valence-corrected chi connectivity index (χ1v) is 20.7. The molecule has 0 spiro atoms. The van der Waals surface area contributed by atoms with Crippen LogP contribution in [0.1, 0.15) is 70.4 Å². The van der Waals surface area contributed by atoms with E-state index in [1.54, 1.807) is 44.1 Å². The first-order valence-electron chi connectivity index (χ1n) is 18.1. The van der Waals surface area contributed by atoms with Crippen LogP contribution in [0, 0.1) is 17.7 Å². The summed E-state index contributed by atoms with van der Waals surface area (Å²) in [5, 5.41) is 6.63. The molecule has 2 aromatic rings. The SMILES string of the molecule is COc1ccc2c(O[C@H]3C[C@H]4C(=O)N(C)/C=C\CC/C=C\[C@@H]5C[C@@]5(C(=O)NS(=O)(=O)C5(C)CC5)NC(=O)N4C3)cc(C3NC(C(C)C)CS3)nc2c1F. The lowest BCUT2D eigenvalue weighted by atomic mass is 10.1. The lowest BCUT2D eigenvalue weighted by Gasteiger charge is -2.29. The highest BCUT2D eigenvalue weighted by atomic mass is 32.2. The minimum atomic E-state index is -3.97. The van der Waals surface area contributed by atoms with Gasteiger partial charge in [-0.2, -0.15) is 0 Å². The zero-order valence-corrected chi connectivity index (χ0v) is 32.2. The number of urea groups is 1. The Morgan fingerprint density at radius 3 is 2.62 bits per heavy atom. The Morgan fingerprint density at radius 1 is 1.17 bits per heavy atom. The molecule has 2 unspecified atom stereocenters. The molecule has 0 radical (unpaired) electrons. The van der Waals surface area contributed by atoms with Gasteiger partial charge in [-0.15, -0.1) is 11.8 Å². The van der Waals surface area contributed by atoms with Gasteiger partial charge in [0.25, 0.3) is 5.91 Å². The van der Waals surface area contributed by atoms with Crippen molar-refractivity contribution in [3.05, 3.63) is 54.1 Å². The number of fused-ring (bicyclic) bond motifs is 3. The van der Waals surface area contributed by atoms with E-state index in [2.05, 4.69) is 29.2 Å². The molecule has 4 fully saturated rings. The van der Waals surface area contributed by atoms with Crippen molar-refractivity contribution in [3.63, 3.8) is 0 Å². The van der Waals surface area contributed by atoms with Gasteiger partial charge in [-0.1, -0.05) is 32.1 Å². The molecule has 16 heteroatoms. The molecule has 13 nitrogen and oxygen atoms in total. The Hall–Kier alpha value is -3.89. The summed E-state index contributed by atoms with van der Waals surface area (Å²) in [6.07, 6.45) is 9.06. The number of thioether (sulfide) groups is 1. The summed E-state index contributed by atoms with van der Waals surface area (Å²) >= 11 is 1.68. The zero-order chi connectivity index (χ0) is 37.9. The van der Waals surface area contributed by atoms with Crippen molar-refractivity contribution in [2.24, 2.45) is 11.8 Å². The molecular formula is C37H47FN6O7S2. The molecule has 7 rings (SSSR count). The predicted molar refractivity (Wildman–Crippen MR) is 199 cm³/mol. The number of hydrogen-bond donors (Lipinski definition) is 3. The minimum absolute atomic E-state index is 0.0298. The van der Waals surface area contributed by atoms with Crippen molar-refractivity contribution in [3.8, 4) is 11.5 Å². The van der Waals surface area contributed by atoms with Crippen molar-refractivity contribution < 1.29 is 36.7 Å². The maximum Gasteiger partial charge on any atom is 0.319 e. The molecule has 3 N–H and O–H groups in total. The number of allylic oxidation sites excluding steroid dienone is 2. The molecule has 286 valence electrons. The molecular weight excluding hydrogens is 724 g/mol. The molecule has 2 aliphatic carbocycles. The van der Waals surface area contributed by atoms with E-state index in [4.69, 9.17) is 14.5 Å². The van der Waals surface area contributed by atoms with Crippen LogP contribution in [0.25, 0.3) is 10.9 Å². The average molecular weight is 771 g/mol. The number of halogens is 1. The van der Waals surface area contributed by atoms with Gasteiger partial charge in [0.05, 0.1) is 29.5 Å². The van der Waals surface area contributed by atoms with E-state index in [0.29, 0.717) is 48.4 Å². The number of aromatic nitrogens is 1. The quantitative estimate of drug-likeness (QED) is 0.330. The molecule has 4 heterocycles. The highest BCUT2D eigenvalue weighted by Gasteiger charge is 2.63. The van der Waals surface area contributed by atoms with Gasteiger partial charge in [0.2, 0.25) is 15.9 Å². The number of sulfonamides is 1. The number of nitrogens with zero attached hydrogens (tertiary/aromatic N) is 3. The van der Waals surface area contributed by atoms with Gasteiger partial charge in [-0.3, -0.25) is 19.6 Å². The topological polar surface area (TPSA) is 159 Å². The van der Waals surface area contributed by atoms with Gasteiger partial charge >= 0.3 is 6.03 Å². The van der Waals surface area contributed by atoms with Gasteiger partial charge < -0.3 is 24.6 Å². The standard InChI is InChI=1S/C37H47FN6O7S2/c1-21(2)26-20-52-32(40-26)25-17-29(24-11-12-28(50-5)30(38)31(24)39-25)51-23-16-27-33(45)43(4)15-9-7-6-8-10-22-18-37(22,41-35(47)44(27)19-23)34(46)42-53(48,49)36(3)13-14-36/h8-12,15,17,21-23,26-27,32,40H,6-7,13-14,16,18-20H2,1-5H3,(H,41,47)(H,42,46)/b10-8-,15-9-/t22-,23+,26?,27+,32?,37-/m1/s1. The maximum absolute atomic E-state index is 15.8. The number of pyridine rings is 1. The third-order valence-corrected chi connectivity index (χ3v) is 14.6. The summed E-state index contributed by atoms with van der Waals surface area (Å²) in [5.74, 6) is -0.569. The third-order valence-electron chi connectivity index (χ3n) is 11.2. The Balaban J connectivity index is 1.20. The summed E-state index contributed by atoms with van der Waals surface area (Å²) in [6, 6.07) is 3.56. The van der Waals surface area contributed by atoms with E-state index in [1.165, 1.54) is 23.0 Å². The van der Waals surface area contributed by atoms with Crippen molar-refractivity contribution in [1.82, 2.24) is 30.1 Å². The first-order chi connectivity index (χ1) is 25.2. The summed E-state index contributed by atoms with van der Waals surface area (Å²) < 4.78 is 55.0. The van der Waals surface area contributed by atoms with E-state index in [9.17, 15) is 22.8 Å². The van der Waals surface area contributed by atoms with E-state index < -0.39 is 56.1 Å². The van der Waals surface area contributed by atoms with Crippen LogP contribution >= 0.6 is 11.8 Å². The lowest BCUT2D eigenvalue weighted by molar-refractivity contribution is -0.131. The number of carbonyl (C=O) groups is 3. The second kappa shape index (κ2) is 14.1. The lowest BCUT2D eigenvalue weighted by Crippen LogP contribution is -2.58. The number of benzene rings is 1. The van der Waals surface area contributed by atoms with Crippen LogP contribution in [0.4, 0.5) is 9.18 Å². The summed E-state index contributed by atoms with van der Waals surface area (Å²) in [5.41, 5.74) is -0.838. The smallest absolute Gasteiger partial charge is 0.319 e. The molecule has 0 bridgehead atoms. The van der Waals surface area contributed by atoms with Crippen molar-refractivity contribution in [2.75, 3.05) is 26.5 Å². The number of carbonyl (C=O) groups excluding carboxylic acids is 3. The molecule has 2 saturated heterocycles. The molecule has 4 amide bonds. The van der Waals surface area contributed by atoms with Crippen LogP contribution in [0.5, 0.6) is 11.5 Å². The molecule has 3 aliphatic heterocycles. The average Bonchev–Trinajstić information content (AvgIpc) is 3.89. The maximum atomic E-state index is 15.8. The van der Waals surface area contributed by atoms with Crippen LogP contribution in [0.3, 0.4) is 0 Å². The number of likely N-dealkylation sites (N-methyl/N-ethyl adjacent to an activating group) is 1. The van der Waals surface area contributed by atoms with Gasteiger partial charge in [-0.25, -0.2) is 22.6 Å². The highest BCUT2D eigenvalue weighted by Crippen LogP contribution is 2.48. The largest absolute Gasteiger partial charge is 0.494 e. The van der Waals surface area contributed by atoms with Gasteiger partial charge in [0, 0.05) is 48.8 Å². The predicted octanol–water partition coefficient (Wildman–Crippen LogP) is 4.35. The molecule has 1 aromatic carbocycles. The normalized spacial score (nSPS) is 31.0. The first kappa shape index (κ1) is 37.4. The van der Waals surface area contributed by atoms with Crippen molar-refractivity contribution >= 4 is 50.5 Å². The molecule has 1 aromatic heterocycles. The fraction of sp³-hybridized carbons (Fsp3) is 0.568. The number of ether oxygens (including phenoxy) is 2. The summed E-state index contributed by atoms with van der Waals surface area (Å²) in [4.78, 5) is 49.4. The van der Waals surface area contributed by atoms with Crippen LogP contribution in [-0.4, -0.2) is 96.0 Å². The van der Waals surface area contributed by atoms with E-state index in [1.807, 2.05) is 18.2 Å². The fourth-order valence-electron chi connectivity index (χ4n) is 7.20. The van der Waals surface area contributed by atoms with E-state index in [0.717, 1.165) is 5.75 Å². The van der Waals surface area contributed by atoms with Crippen LogP contribution in [0.2, 0.25) is 0 Å². The van der Waals surface area contributed by atoms with Crippen molar-refractivity contribution in [2.45, 2.75) is 93.1 Å². The second-order valence-corrected chi connectivity index (χ2v) is 18.7.